The van der Waals surface area contributed by atoms with Crippen LogP contribution in [0.4, 0.5) is 10.1 Å². The van der Waals surface area contributed by atoms with Crippen LogP contribution in [0.25, 0.3) is 0 Å². The Morgan fingerprint density at radius 1 is 1.12 bits per heavy atom. The fourth-order valence-corrected chi connectivity index (χ4v) is 7.23. The minimum atomic E-state index is -3.74. The van der Waals surface area contributed by atoms with Crippen LogP contribution in [-0.4, -0.2) is 23.9 Å². The molecule has 41 heavy (non-hydrogen) atoms. The second-order valence-corrected chi connectivity index (χ2v) is 12.9. The number of amides is 1. The molecule has 7 nitrogen and oxygen atoms in total. The molecule has 3 aromatic carbocycles. The molecular weight excluding hydrogens is 539 g/mol. The van der Waals surface area contributed by atoms with Gasteiger partial charge in [0.2, 0.25) is 15.9 Å². The highest BCUT2D eigenvalue weighted by Crippen LogP contribution is 2.49. The number of anilines is 1. The molecule has 1 heterocycles. The number of imidazole rings is 1. The predicted molar refractivity (Wildman–Crippen MR) is 155 cm³/mol. The minimum absolute atomic E-state index is 0.0337. The Labute approximate surface area is 240 Å². The Morgan fingerprint density at radius 3 is 2.71 bits per heavy atom. The normalized spacial score (nSPS) is 19.9. The number of nitrogens with zero attached hydrogens (tertiary/aromatic N) is 3. The van der Waals surface area contributed by atoms with Crippen LogP contribution in [-0.2, 0) is 34.8 Å². The minimum Gasteiger partial charge on any atom is -0.337 e. The maximum Gasteiger partial charge on any atom is 0.241 e. The van der Waals surface area contributed by atoms with Crippen molar-refractivity contribution in [2.24, 2.45) is 13.0 Å². The highest BCUT2D eigenvalue weighted by molar-refractivity contribution is 7.89. The van der Waals surface area contributed by atoms with Crippen molar-refractivity contribution in [2.75, 3.05) is 4.90 Å². The van der Waals surface area contributed by atoms with Crippen LogP contribution in [0, 0.1) is 18.7 Å². The number of aryl methyl sites for hydroxylation is 3. The van der Waals surface area contributed by atoms with Crippen molar-refractivity contribution in [2.45, 2.75) is 56.0 Å². The molecule has 1 amide bonds. The largest absolute Gasteiger partial charge is 0.337 e. The van der Waals surface area contributed by atoms with Crippen molar-refractivity contribution in [3.63, 3.8) is 0 Å². The summed E-state index contributed by atoms with van der Waals surface area (Å²) in [4.78, 5) is 20.4. The second kappa shape index (κ2) is 10.9. The van der Waals surface area contributed by atoms with Crippen molar-refractivity contribution in [1.29, 1.82) is 0 Å². The Bertz CT molecular complexity index is 1720. The number of nitrogens with one attached hydrogen (secondary N) is 1. The smallest absolute Gasteiger partial charge is 0.241 e. The first-order chi connectivity index (χ1) is 19.7. The third kappa shape index (κ3) is 5.69. The Morgan fingerprint density at radius 2 is 1.95 bits per heavy atom. The standard InChI is InChI=1S/C32H33FN4O3S/c1-21-6-3-10-26(16-21)41(39,40)35-30-11-5-7-22-12-13-25(18-28(22)30)37(20-31-34-14-15-36(31)2)32(38)29-19-27(29)23-8-4-9-24(33)17-23/h3-4,6,8-10,12-18,27,29-30,35H,5,7,11,19-20H2,1-2H3. The zero-order valence-electron chi connectivity index (χ0n) is 23.1. The summed E-state index contributed by atoms with van der Waals surface area (Å²) in [5.41, 5.74) is 4.37. The number of carbonyl (C=O) groups is 1. The van der Waals surface area contributed by atoms with E-state index in [1.807, 2.05) is 55.1 Å². The molecular formula is C32H33FN4O3S. The highest BCUT2D eigenvalue weighted by atomic mass is 32.2. The number of rotatable bonds is 8. The molecule has 0 aliphatic heterocycles. The molecule has 0 spiro atoms. The van der Waals surface area contributed by atoms with Gasteiger partial charge in [0.25, 0.3) is 0 Å². The predicted octanol–water partition coefficient (Wildman–Crippen LogP) is 5.56. The van der Waals surface area contributed by atoms with Crippen molar-refractivity contribution in [1.82, 2.24) is 14.3 Å². The third-order valence-electron chi connectivity index (χ3n) is 8.22. The summed E-state index contributed by atoms with van der Waals surface area (Å²) in [5.74, 6) is 0.0854. The van der Waals surface area contributed by atoms with Gasteiger partial charge in [-0.25, -0.2) is 22.5 Å². The van der Waals surface area contributed by atoms with E-state index in [-0.39, 0.29) is 35.0 Å². The Hall–Kier alpha value is -3.82. The van der Waals surface area contributed by atoms with Gasteiger partial charge in [-0.3, -0.25) is 4.79 Å². The summed E-state index contributed by atoms with van der Waals surface area (Å²) >= 11 is 0. The topological polar surface area (TPSA) is 84.3 Å². The van der Waals surface area contributed by atoms with Gasteiger partial charge < -0.3 is 9.47 Å². The summed E-state index contributed by atoms with van der Waals surface area (Å²) in [7, 11) is -1.85. The molecule has 1 saturated carbocycles. The van der Waals surface area contributed by atoms with Gasteiger partial charge >= 0.3 is 0 Å². The lowest BCUT2D eigenvalue weighted by Crippen LogP contribution is -2.34. The van der Waals surface area contributed by atoms with Crippen molar-refractivity contribution < 1.29 is 17.6 Å². The summed E-state index contributed by atoms with van der Waals surface area (Å²) < 4.78 is 45.3. The van der Waals surface area contributed by atoms with Crippen LogP contribution in [0.5, 0.6) is 0 Å². The zero-order chi connectivity index (χ0) is 28.7. The van der Waals surface area contributed by atoms with Gasteiger partial charge in [0, 0.05) is 37.1 Å². The molecule has 1 N–H and O–H groups in total. The first kappa shape index (κ1) is 27.4. The lowest BCUT2D eigenvalue weighted by molar-refractivity contribution is -0.120. The van der Waals surface area contributed by atoms with Crippen LogP contribution in [0.2, 0.25) is 0 Å². The molecule has 4 aromatic rings. The molecule has 0 bridgehead atoms. The van der Waals surface area contributed by atoms with Gasteiger partial charge in [0.1, 0.15) is 11.6 Å². The molecule has 0 saturated heterocycles. The highest BCUT2D eigenvalue weighted by Gasteiger charge is 2.46. The first-order valence-corrected chi connectivity index (χ1v) is 15.4. The van der Waals surface area contributed by atoms with Crippen LogP contribution in [0.15, 0.2) is 84.0 Å². The van der Waals surface area contributed by atoms with Crippen molar-refractivity contribution >= 4 is 21.6 Å². The fourth-order valence-electron chi connectivity index (χ4n) is 5.88. The number of sulfonamides is 1. The van der Waals surface area contributed by atoms with E-state index in [9.17, 15) is 17.6 Å². The lowest BCUT2D eigenvalue weighted by atomic mass is 9.87. The summed E-state index contributed by atoms with van der Waals surface area (Å²) in [5, 5.41) is 0. The van der Waals surface area contributed by atoms with E-state index >= 15 is 0 Å². The molecule has 212 valence electrons. The summed E-state index contributed by atoms with van der Waals surface area (Å²) in [6.07, 6.45) is 6.57. The maximum absolute atomic E-state index is 14.0. The van der Waals surface area contributed by atoms with Crippen LogP contribution in [0.3, 0.4) is 0 Å². The van der Waals surface area contributed by atoms with Gasteiger partial charge in [-0.05, 0) is 97.2 Å². The van der Waals surface area contributed by atoms with E-state index in [0.29, 0.717) is 18.5 Å². The van der Waals surface area contributed by atoms with Crippen LogP contribution >= 0.6 is 0 Å². The molecule has 2 aliphatic rings. The molecule has 3 unspecified atom stereocenters. The van der Waals surface area contributed by atoms with Crippen molar-refractivity contribution in [3.05, 3.63) is 113 Å². The number of aromatic nitrogens is 2. The van der Waals surface area contributed by atoms with Crippen LogP contribution < -0.4 is 9.62 Å². The van der Waals surface area contributed by atoms with Gasteiger partial charge in [0.05, 0.1) is 11.4 Å². The average molecular weight is 573 g/mol. The lowest BCUT2D eigenvalue weighted by Gasteiger charge is -2.29. The number of halogens is 1. The average Bonchev–Trinajstić information content (AvgIpc) is 3.66. The fraction of sp³-hybridized carbons (Fsp3) is 0.312. The number of hydrogen-bond donors (Lipinski definition) is 1. The van der Waals surface area contributed by atoms with Gasteiger partial charge in [-0.15, -0.1) is 0 Å². The molecule has 0 radical (unpaired) electrons. The van der Waals surface area contributed by atoms with Crippen LogP contribution in [0.1, 0.15) is 59.3 Å². The Kier molecular flexibility index (Phi) is 7.25. The molecule has 6 rings (SSSR count). The molecule has 9 heteroatoms. The zero-order valence-corrected chi connectivity index (χ0v) is 23.9. The van der Waals surface area contributed by atoms with Gasteiger partial charge in [0.15, 0.2) is 0 Å². The number of carbonyl (C=O) groups excluding carboxylic acids is 1. The summed E-state index contributed by atoms with van der Waals surface area (Å²) in [6, 6.07) is 18.8. The second-order valence-electron chi connectivity index (χ2n) is 11.1. The number of fused-ring (bicyclic) bond motifs is 1. The van der Waals surface area contributed by atoms with E-state index < -0.39 is 16.1 Å². The molecule has 1 fully saturated rings. The molecule has 3 atom stereocenters. The maximum atomic E-state index is 14.0. The van der Waals surface area contributed by atoms with E-state index in [1.54, 1.807) is 35.4 Å². The van der Waals surface area contributed by atoms with Gasteiger partial charge in [-0.2, -0.15) is 0 Å². The van der Waals surface area contributed by atoms with E-state index in [4.69, 9.17) is 0 Å². The third-order valence-corrected chi connectivity index (χ3v) is 9.69. The van der Waals surface area contributed by atoms with Gasteiger partial charge in [-0.1, -0.05) is 30.3 Å². The van der Waals surface area contributed by atoms with E-state index in [1.165, 1.54) is 12.1 Å². The van der Waals surface area contributed by atoms with E-state index in [0.717, 1.165) is 40.9 Å². The molecule has 1 aromatic heterocycles. The SMILES string of the molecule is Cc1cccc(S(=O)(=O)NC2CCCc3ccc(N(Cc4nccn4C)C(=O)C4CC4c4cccc(F)c4)cc32)c1. The number of benzene rings is 3. The summed E-state index contributed by atoms with van der Waals surface area (Å²) in [6.45, 7) is 2.14. The van der Waals surface area contributed by atoms with E-state index in [2.05, 4.69) is 9.71 Å². The monoisotopic (exact) mass is 572 g/mol. The first-order valence-electron chi connectivity index (χ1n) is 13.9. The molecule has 2 aliphatic carbocycles. The Balaban J connectivity index is 1.32. The quantitative estimate of drug-likeness (QED) is 0.300. The van der Waals surface area contributed by atoms with Crippen molar-refractivity contribution in [3.8, 4) is 0 Å². The number of hydrogen-bond acceptors (Lipinski definition) is 4.